The Balaban J connectivity index is 2.44. The van der Waals surface area contributed by atoms with E-state index < -0.39 is 10.0 Å². The first kappa shape index (κ1) is 16.7. The van der Waals surface area contributed by atoms with E-state index in [1.807, 2.05) is 0 Å². The molecule has 0 heterocycles. The van der Waals surface area contributed by atoms with E-state index in [0.29, 0.717) is 29.3 Å². The largest absolute Gasteiger partial charge is 0.392 e. The summed E-state index contributed by atoms with van der Waals surface area (Å²) >= 11 is 5.99. The van der Waals surface area contributed by atoms with E-state index in [2.05, 4.69) is 0 Å². The van der Waals surface area contributed by atoms with E-state index in [1.54, 1.807) is 20.1 Å². The number of methoxy groups -OCH3 is 1. The fourth-order valence-electron chi connectivity index (χ4n) is 2.31. The number of halogens is 1. The van der Waals surface area contributed by atoms with E-state index in [1.165, 1.54) is 10.4 Å². The molecule has 0 unspecified atom stereocenters. The van der Waals surface area contributed by atoms with Crippen molar-refractivity contribution in [3.8, 4) is 0 Å². The van der Waals surface area contributed by atoms with Gasteiger partial charge in [-0.1, -0.05) is 11.6 Å². The van der Waals surface area contributed by atoms with E-state index in [0.717, 1.165) is 12.8 Å². The molecule has 0 bridgehead atoms. The van der Waals surface area contributed by atoms with Crippen molar-refractivity contribution in [2.75, 3.05) is 20.3 Å². The minimum atomic E-state index is -3.64. The fourth-order valence-corrected chi connectivity index (χ4v) is 4.58. The Morgan fingerprint density at radius 2 is 2.10 bits per heavy atom. The maximum atomic E-state index is 12.9. The molecule has 7 heteroatoms. The first-order valence-electron chi connectivity index (χ1n) is 6.82. The summed E-state index contributed by atoms with van der Waals surface area (Å²) in [4.78, 5) is 0.169. The van der Waals surface area contributed by atoms with Crippen molar-refractivity contribution in [1.82, 2.24) is 4.31 Å². The van der Waals surface area contributed by atoms with Crippen LogP contribution in [0.5, 0.6) is 0 Å². The molecule has 1 aliphatic carbocycles. The van der Waals surface area contributed by atoms with Gasteiger partial charge in [0.2, 0.25) is 10.0 Å². The lowest BCUT2D eigenvalue weighted by atomic mass is 10.1. The van der Waals surface area contributed by atoms with Gasteiger partial charge in [0.25, 0.3) is 0 Å². The van der Waals surface area contributed by atoms with Gasteiger partial charge in [0.15, 0.2) is 0 Å². The Bertz CT molecular complexity index is 614. The van der Waals surface area contributed by atoms with Crippen LogP contribution in [0.3, 0.4) is 0 Å². The van der Waals surface area contributed by atoms with Gasteiger partial charge in [-0.2, -0.15) is 4.31 Å². The zero-order chi connectivity index (χ0) is 15.6. The minimum Gasteiger partial charge on any atom is -0.392 e. The molecule has 0 spiro atoms. The minimum absolute atomic E-state index is 0.0427. The number of hydrogen-bond donors (Lipinski definition) is 1. The number of hydrogen-bond acceptors (Lipinski definition) is 4. The summed E-state index contributed by atoms with van der Waals surface area (Å²) in [7, 11) is -2.09. The van der Waals surface area contributed by atoms with Crippen molar-refractivity contribution >= 4 is 21.6 Å². The van der Waals surface area contributed by atoms with Gasteiger partial charge in [0.1, 0.15) is 0 Å². The van der Waals surface area contributed by atoms with Crippen LogP contribution in [0.2, 0.25) is 5.02 Å². The lowest BCUT2D eigenvalue weighted by Crippen LogP contribution is -2.36. The molecule has 1 fully saturated rings. The molecule has 1 aliphatic rings. The van der Waals surface area contributed by atoms with Crippen molar-refractivity contribution in [2.24, 2.45) is 0 Å². The highest BCUT2D eigenvalue weighted by molar-refractivity contribution is 7.89. The smallest absolute Gasteiger partial charge is 0.243 e. The summed E-state index contributed by atoms with van der Waals surface area (Å²) in [6.07, 6.45) is 1.74. The second-order valence-corrected chi connectivity index (χ2v) is 7.48. The van der Waals surface area contributed by atoms with E-state index in [-0.39, 0.29) is 17.5 Å². The van der Waals surface area contributed by atoms with Crippen LogP contribution in [0.15, 0.2) is 17.0 Å². The molecule has 0 aliphatic heterocycles. The number of nitrogens with zero attached hydrogens (tertiary/aromatic N) is 1. The van der Waals surface area contributed by atoms with E-state index >= 15 is 0 Å². The van der Waals surface area contributed by atoms with Crippen LogP contribution in [-0.2, 0) is 21.4 Å². The molecular weight excluding hydrogens is 314 g/mol. The molecule has 118 valence electrons. The van der Waals surface area contributed by atoms with Gasteiger partial charge < -0.3 is 9.84 Å². The van der Waals surface area contributed by atoms with Crippen LogP contribution in [0.4, 0.5) is 0 Å². The highest BCUT2D eigenvalue weighted by Gasteiger charge is 2.38. The highest BCUT2D eigenvalue weighted by Crippen LogP contribution is 2.34. The zero-order valence-electron chi connectivity index (χ0n) is 12.2. The van der Waals surface area contributed by atoms with Gasteiger partial charge in [0.05, 0.1) is 18.1 Å². The predicted molar refractivity (Wildman–Crippen MR) is 80.9 cm³/mol. The van der Waals surface area contributed by atoms with Gasteiger partial charge in [-0.25, -0.2) is 8.42 Å². The van der Waals surface area contributed by atoms with Gasteiger partial charge in [-0.15, -0.1) is 0 Å². The van der Waals surface area contributed by atoms with Crippen LogP contribution < -0.4 is 0 Å². The van der Waals surface area contributed by atoms with Gasteiger partial charge in [0, 0.05) is 24.7 Å². The number of aliphatic hydroxyl groups is 1. The third-order valence-corrected chi connectivity index (χ3v) is 5.96. The molecule has 1 saturated carbocycles. The number of rotatable bonds is 7. The third-order valence-electron chi connectivity index (χ3n) is 3.66. The summed E-state index contributed by atoms with van der Waals surface area (Å²) in [5.74, 6) is 0. The number of sulfonamides is 1. The predicted octanol–water partition coefficient (Wildman–Crippen LogP) is 1.94. The lowest BCUT2D eigenvalue weighted by molar-refractivity contribution is 0.177. The first-order chi connectivity index (χ1) is 9.91. The molecule has 0 radical (unpaired) electrons. The second-order valence-electron chi connectivity index (χ2n) is 5.19. The van der Waals surface area contributed by atoms with E-state index in [9.17, 15) is 13.5 Å². The standard InChI is InChI=1S/C14H20ClNO4S/c1-10-11(9-17)7-12(15)8-14(10)21(18,19)16(5-6-20-2)13-3-4-13/h7-8,13,17H,3-6,9H2,1-2H3. The maximum Gasteiger partial charge on any atom is 0.243 e. The quantitative estimate of drug-likeness (QED) is 0.828. The average Bonchev–Trinajstić information content (AvgIpc) is 3.25. The van der Waals surface area contributed by atoms with Gasteiger partial charge >= 0.3 is 0 Å². The SMILES string of the molecule is COCCN(C1CC1)S(=O)(=O)c1cc(Cl)cc(CO)c1C. The molecule has 0 atom stereocenters. The van der Waals surface area contributed by atoms with Crippen molar-refractivity contribution in [3.63, 3.8) is 0 Å². The highest BCUT2D eigenvalue weighted by atomic mass is 35.5. The first-order valence-corrected chi connectivity index (χ1v) is 8.64. The van der Waals surface area contributed by atoms with Crippen LogP contribution in [-0.4, -0.2) is 44.1 Å². The number of benzene rings is 1. The molecule has 0 aromatic heterocycles. The topological polar surface area (TPSA) is 66.8 Å². The Hall–Kier alpha value is -0.660. The fraction of sp³-hybridized carbons (Fsp3) is 0.571. The van der Waals surface area contributed by atoms with E-state index in [4.69, 9.17) is 16.3 Å². The molecule has 1 aromatic carbocycles. The third kappa shape index (κ3) is 3.57. The van der Waals surface area contributed by atoms with Crippen molar-refractivity contribution in [3.05, 3.63) is 28.3 Å². The monoisotopic (exact) mass is 333 g/mol. The average molecular weight is 334 g/mol. The lowest BCUT2D eigenvalue weighted by Gasteiger charge is -2.23. The van der Waals surface area contributed by atoms with Crippen molar-refractivity contribution in [1.29, 1.82) is 0 Å². The normalized spacial score (nSPS) is 15.7. The van der Waals surface area contributed by atoms with Crippen molar-refractivity contribution < 1.29 is 18.3 Å². The molecular formula is C14H20ClNO4S. The van der Waals surface area contributed by atoms with Gasteiger partial charge in [-0.05, 0) is 43.0 Å². The molecule has 1 aromatic rings. The Morgan fingerprint density at radius 3 is 2.62 bits per heavy atom. The molecule has 0 amide bonds. The molecule has 5 nitrogen and oxygen atoms in total. The number of aliphatic hydroxyl groups excluding tert-OH is 1. The van der Waals surface area contributed by atoms with Crippen LogP contribution in [0.1, 0.15) is 24.0 Å². The maximum absolute atomic E-state index is 12.9. The molecule has 0 saturated heterocycles. The van der Waals surface area contributed by atoms with Crippen molar-refractivity contribution in [2.45, 2.75) is 37.3 Å². The second kappa shape index (κ2) is 6.62. The summed E-state index contributed by atoms with van der Waals surface area (Å²) in [6.45, 7) is 2.12. The van der Waals surface area contributed by atoms with Gasteiger partial charge in [-0.3, -0.25) is 0 Å². The zero-order valence-corrected chi connectivity index (χ0v) is 13.7. The summed E-state index contributed by atoms with van der Waals surface area (Å²) in [6, 6.07) is 3.08. The van der Waals surface area contributed by atoms with Crippen LogP contribution in [0, 0.1) is 6.92 Å². The molecule has 2 rings (SSSR count). The molecule has 21 heavy (non-hydrogen) atoms. The molecule has 1 N–H and O–H groups in total. The Kier molecular flexibility index (Phi) is 5.27. The van der Waals surface area contributed by atoms with Crippen LogP contribution >= 0.6 is 11.6 Å². The summed E-state index contributed by atoms with van der Waals surface area (Å²) in [5.41, 5.74) is 1.08. The Morgan fingerprint density at radius 1 is 1.43 bits per heavy atom. The van der Waals surface area contributed by atoms with Crippen LogP contribution in [0.25, 0.3) is 0 Å². The summed E-state index contributed by atoms with van der Waals surface area (Å²) in [5, 5.41) is 9.66. The summed E-state index contributed by atoms with van der Waals surface area (Å²) < 4.78 is 32.3. The Labute approximate surface area is 130 Å². The number of ether oxygens (including phenoxy) is 1.